The van der Waals surface area contributed by atoms with E-state index in [-0.39, 0.29) is 22.5 Å². The normalized spacial score (nSPS) is 11.5. The molecule has 0 saturated carbocycles. The van der Waals surface area contributed by atoms with Crippen molar-refractivity contribution in [3.8, 4) is 0 Å². The molecule has 0 fully saturated rings. The van der Waals surface area contributed by atoms with Crippen molar-refractivity contribution in [2.24, 2.45) is 5.73 Å². The fraction of sp³-hybridized carbons (Fsp3) is 0.154. The van der Waals surface area contributed by atoms with E-state index >= 15 is 0 Å². The molecular weight excluding hydrogens is 353 g/mol. The molecule has 0 aliphatic rings. The van der Waals surface area contributed by atoms with Crippen LogP contribution in [0.25, 0.3) is 0 Å². The van der Waals surface area contributed by atoms with Gasteiger partial charge in [0.15, 0.2) is 5.76 Å². The maximum atomic E-state index is 12.8. The fourth-order valence-electron chi connectivity index (χ4n) is 1.62. The Kier molecular flexibility index (Phi) is 4.38. The van der Waals surface area contributed by atoms with Crippen LogP contribution in [0.1, 0.15) is 21.9 Å². The Labute approximate surface area is 126 Å². The Morgan fingerprint density at radius 1 is 1.29 bits per heavy atom. The number of halogens is 4. The van der Waals surface area contributed by atoms with Crippen LogP contribution in [0.3, 0.4) is 0 Å². The molecule has 1 aromatic heterocycles. The Morgan fingerprint density at radius 2 is 2.00 bits per heavy atom. The number of amides is 1. The van der Waals surface area contributed by atoms with E-state index in [9.17, 15) is 18.0 Å². The van der Waals surface area contributed by atoms with Crippen LogP contribution >= 0.6 is 15.9 Å². The summed E-state index contributed by atoms with van der Waals surface area (Å²) in [7, 11) is 0. The number of carbonyl (C=O) groups excluding carboxylic acids is 1. The van der Waals surface area contributed by atoms with Crippen molar-refractivity contribution in [2.75, 3.05) is 5.32 Å². The predicted octanol–water partition coefficient (Wildman–Crippen LogP) is 3.77. The van der Waals surface area contributed by atoms with E-state index in [4.69, 9.17) is 10.2 Å². The van der Waals surface area contributed by atoms with Gasteiger partial charge in [0, 0.05) is 10.2 Å². The number of alkyl halides is 3. The van der Waals surface area contributed by atoms with Gasteiger partial charge in [0.05, 0.1) is 12.1 Å². The van der Waals surface area contributed by atoms with Crippen molar-refractivity contribution < 1.29 is 22.4 Å². The van der Waals surface area contributed by atoms with E-state index < -0.39 is 17.6 Å². The summed E-state index contributed by atoms with van der Waals surface area (Å²) in [5.41, 5.74) is 4.49. The van der Waals surface area contributed by atoms with Gasteiger partial charge in [-0.05, 0) is 30.3 Å². The van der Waals surface area contributed by atoms with Gasteiger partial charge in [0.1, 0.15) is 5.76 Å². The van der Waals surface area contributed by atoms with Gasteiger partial charge in [-0.15, -0.1) is 0 Å². The minimum atomic E-state index is -4.52. The average molecular weight is 363 g/mol. The average Bonchev–Trinajstić information content (AvgIpc) is 2.88. The van der Waals surface area contributed by atoms with Gasteiger partial charge in [0.2, 0.25) is 0 Å². The first-order valence-corrected chi connectivity index (χ1v) is 6.57. The van der Waals surface area contributed by atoms with Crippen LogP contribution in [0.2, 0.25) is 0 Å². The Bertz CT molecular complexity index is 668. The maximum Gasteiger partial charge on any atom is 0.417 e. The molecule has 1 heterocycles. The molecule has 4 nitrogen and oxygen atoms in total. The number of hydrogen-bond donors (Lipinski definition) is 2. The highest BCUT2D eigenvalue weighted by Gasteiger charge is 2.33. The number of nitrogens with two attached hydrogens (primary N) is 1. The summed E-state index contributed by atoms with van der Waals surface area (Å²) < 4.78 is 43.3. The first-order valence-electron chi connectivity index (χ1n) is 5.78. The second kappa shape index (κ2) is 5.90. The molecule has 0 aliphatic carbocycles. The lowest BCUT2D eigenvalue weighted by molar-refractivity contribution is -0.138. The molecule has 1 amide bonds. The number of benzene rings is 1. The van der Waals surface area contributed by atoms with Crippen LogP contribution in [0.4, 0.5) is 18.9 Å². The zero-order valence-electron chi connectivity index (χ0n) is 10.5. The molecule has 2 rings (SSSR count). The van der Waals surface area contributed by atoms with Crippen molar-refractivity contribution in [3.05, 3.63) is 51.9 Å². The third kappa shape index (κ3) is 3.64. The van der Waals surface area contributed by atoms with Crippen LogP contribution in [-0.4, -0.2) is 5.91 Å². The first kappa shape index (κ1) is 15.6. The summed E-state index contributed by atoms with van der Waals surface area (Å²) in [6, 6.07) is 6.34. The Balaban J connectivity index is 2.21. The first-order chi connectivity index (χ1) is 9.81. The molecule has 0 radical (unpaired) electrons. The molecule has 1 aromatic carbocycles. The number of anilines is 1. The lowest BCUT2D eigenvalue weighted by atomic mass is 10.2. The molecule has 0 aliphatic heterocycles. The second-order valence-corrected chi connectivity index (χ2v) is 4.97. The van der Waals surface area contributed by atoms with Gasteiger partial charge in [-0.1, -0.05) is 15.9 Å². The van der Waals surface area contributed by atoms with E-state index in [0.717, 1.165) is 6.07 Å². The molecule has 3 N–H and O–H groups in total. The minimum Gasteiger partial charge on any atom is -0.455 e. The monoisotopic (exact) mass is 362 g/mol. The molecule has 8 heteroatoms. The van der Waals surface area contributed by atoms with Crippen LogP contribution in [-0.2, 0) is 12.7 Å². The van der Waals surface area contributed by atoms with Gasteiger partial charge in [-0.2, -0.15) is 13.2 Å². The highest BCUT2D eigenvalue weighted by molar-refractivity contribution is 9.10. The maximum absolute atomic E-state index is 12.8. The Hall–Kier alpha value is -1.80. The summed E-state index contributed by atoms with van der Waals surface area (Å²) in [6.45, 7) is 0.129. The number of furan rings is 1. The van der Waals surface area contributed by atoms with Crippen LogP contribution in [0, 0.1) is 0 Å². The van der Waals surface area contributed by atoms with Gasteiger partial charge < -0.3 is 15.5 Å². The number of hydrogen-bond acceptors (Lipinski definition) is 3. The lowest BCUT2D eigenvalue weighted by Gasteiger charge is -2.11. The van der Waals surface area contributed by atoms with E-state index in [1.807, 2.05) is 0 Å². The predicted molar refractivity (Wildman–Crippen MR) is 73.7 cm³/mol. The summed E-state index contributed by atoms with van der Waals surface area (Å²) in [5, 5.41) is 2.34. The van der Waals surface area contributed by atoms with E-state index in [1.165, 1.54) is 24.3 Å². The van der Waals surface area contributed by atoms with Gasteiger partial charge >= 0.3 is 6.18 Å². The van der Waals surface area contributed by atoms with Gasteiger partial charge in [0.25, 0.3) is 5.91 Å². The summed E-state index contributed by atoms with van der Waals surface area (Å²) in [5.74, 6) is -0.260. The topological polar surface area (TPSA) is 68.3 Å². The largest absolute Gasteiger partial charge is 0.455 e. The highest BCUT2D eigenvalue weighted by atomic mass is 79.9. The SMILES string of the molecule is NCc1ccc(C(=O)Nc2ccc(Br)c(C(F)(F)F)c2)o1. The lowest BCUT2D eigenvalue weighted by Crippen LogP contribution is -2.13. The van der Waals surface area contributed by atoms with Crippen molar-refractivity contribution >= 4 is 27.5 Å². The second-order valence-electron chi connectivity index (χ2n) is 4.12. The van der Waals surface area contributed by atoms with Crippen LogP contribution < -0.4 is 11.1 Å². The minimum absolute atomic E-state index is 0.0150. The van der Waals surface area contributed by atoms with E-state index in [2.05, 4.69) is 21.2 Å². The molecule has 0 unspecified atom stereocenters. The molecular formula is C13H10BrF3N2O2. The number of nitrogens with one attached hydrogen (secondary N) is 1. The van der Waals surface area contributed by atoms with E-state index in [1.54, 1.807) is 0 Å². The fourth-order valence-corrected chi connectivity index (χ4v) is 2.09. The smallest absolute Gasteiger partial charge is 0.417 e. The number of carbonyl (C=O) groups is 1. The molecule has 0 bridgehead atoms. The summed E-state index contributed by atoms with van der Waals surface area (Å²) in [6.07, 6.45) is -4.52. The van der Waals surface area contributed by atoms with Crippen molar-refractivity contribution in [1.82, 2.24) is 0 Å². The van der Waals surface area contributed by atoms with Gasteiger partial charge in [-0.25, -0.2) is 0 Å². The molecule has 0 spiro atoms. The van der Waals surface area contributed by atoms with Crippen LogP contribution in [0.15, 0.2) is 39.2 Å². The zero-order chi connectivity index (χ0) is 15.6. The molecule has 21 heavy (non-hydrogen) atoms. The number of rotatable bonds is 3. The van der Waals surface area contributed by atoms with Crippen molar-refractivity contribution in [1.29, 1.82) is 0 Å². The molecule has 2 aromatic rings. The highest BCUT2D eigenvalue weighted by Crippen LogP contribution is 2.36. The third-order valence-electron chi connectivity index (χ3n) is 2.62. The quantitative estimate of drug-likeness (QED) is 0.872. The summed E-state index contributed by atoms with van der Waals surface area (Å²) in [4.78, 5) is 11.9. The standard InChI is InChI=1S/C13H10BrF3N2O2/c14-10-3-1-7(5-9(10)13(15,16)17)19-12(20)11-4-2-8(6-18)21-11/h1-5H,6,18H2,(H,19,20). The molecule has 0 saturated heterocycles. The molecule has 0 atom stereocenters. The summed E-state index contributed by atoms with van der Waals surface area (Å²) >= 11 is 2.82. The van der Waals surface area contributed by atoms with Crippen molar-refractivity contribution in [2.45, 2.75) is 12.7 Å². The van der Waals surface area contributed by atoms with Crippen LogP contribution in [0.5, 0.6) is 0 Å². The van der Waals surface area contributed by atoms with E-state index in [0.29, 0.717) is 5.76 Å². The zero-order valence-corrected chi connectivity index (χ0v) is 12.1. The molecule has 112 valence electrons. The van der Waals surface area contributed by atoms with Gasteiger partial charge in [-0.3, -0.25) is 4.79 Å². The van der Waals surface area contributed by atoms with Crippen molar-refractivity contribution in [3.63, 3.8) is 0 Å². The Morgan fingerprint density at radius 3 is 2.57 bits per heavy atom. The third-order valence-corrected chi connectivity index (χ3v) is 3.31.